The van der Waals surface area contributed by atoms with Crippen LogP contribution in [0.15, 0.2) is 28.8 Å². The number of halogens is 2. The monoisotopic (exact) mass is 536 g/mol. The third kappa shape index (κ3) is 5.46. The SMILES string of the molecule is COc1ccc(OCc2cnc(C3CCCN3C(=O)C(F)(F)C3(O)CC(C)(C)CC(C)(C)C3)o2)cc1OC. The third-order valence-corrected chi connectivity index (χ3v) is 7.46. The standard InChI is InChI=1S/C28H38F2N2O6/c1-25(2)15-26(3,4)17-27(34,16-25)28(29,30)24(33)32-11-7-8-20(32)23-31-13-19(38-23)14-37-18-9-10-21(35-5)22(12-18)36-6/h9-10,12-13,20,34H,7-8,11,14-17H2,1-6H3. The number of hydrogen-bond acceptors (Lipinski definition) is 7. The van der Waals surface area contributed by atoms with Crippen molar-refractivity contribution in [2.45, 2.75) is 84.0 Å². The number of aliphatic hydroxyl groups is 1. The first-order valence-electron chi connectivity index (χ1n) is 12.9. The van der Waals surface area contributed by atoms with E-state index >= 15 is 8.78 Å². The topological polar surface area (TPSA) is 94.3 Å². The summed E-state index contributed by atoms with van der Waals surface area (Å²) in [6, 6.07) is 4.37. The number of rotatable bonds is 8. The molecule has 2 aromatic rings. The van der Waals surface area contributed by atoms with Crippen molar-refractivity contribution in [3.63, 3.8) is 0 Å². The minimum atomic E-state index is -3.95. The molecule has 4 rings (SSSR count). The van der Waals surface area contributed by atoms with Gasteiger partial charge in [-0.25, -0.2) is 4.98 Å². The predicted molar refractivity (Wildman–Crippen MR) is 135 cm³/mol. The van der Waals surface area contributed by atoms with Crippen molar-refractivity contribution in [3.8, 4) is 17.2 Å². The number of nitrogens with zero attached hydrogens (tertiary/aromatic N) is 2. The molecule has 0 radical (unpaired) electrons. The van der Waals surface area contributed by atoms with Gasteiger partial charge in [-0.2, -0.15) is 8.78 Å². The number of benzene rings is 1. The van der Waals surface area contributed by atoms with E-state index in [9.17, 15) is 9.90 Å². The van der Waals surface area contributed by atoms with Crippen LogP contribution in [0, 0.1) is 10.8 Å². The van der Waals surface area contributed by atoms with Crippen LogP contribution in [0.25, 0.3) is 0 Å². The van der Waals surface area contributed by atoms with E-state index in [2.05, 4.69) is 4.98 Å². The normalized spacial score (nSPS) is 22.2. The Morgan fingerprint density at radius 2 is 1.79 bits per heavy atom. The van der Waals surface area contributed by atoms with Crippen molar-refractivity contribution < 1.29 is 37.3 Å². The second-order valence-corrected chi connectivity index (χ2v) is 12.1. The molecular weight excluding hydrogens is 498 g/mol. The van der Waals surface area contributed by atoms with E-state index in [0.29, 0.717) is 42.3 Å². The van der Waals surface area contributed by atoms with E-state index in [0.717, 1.165) is 4.90 Å². The van der Waals surface area contributed by atoms with Gasteiger partial charge in [-0.15, -0.1) is 0 Å². The van der Waals surface area contributed by atoms with E-state index in [4.69, 9.17) is 18.6 Å². The van der Waals surface area contributed by atoms with Crippen LogP contribution in [0.3, 0.4) is 0 Å². The fourth-order valence-corrected chi connectivity index (χ4v) is 6.54. The molecule has 210 valence electrons. The summed E-state index contributed by atoms with van der Waals surface area (Å²) in [7, 11) is 3.07. The highest BCUT2D eigenvalue weighted by molar-refractivity contribution is 5.85. The first kappa shape index (κ1) is 28.1. The van der Waals surface area contributed by atoms with Gasteiger partial charge in [0.25, 0.3) is 5.91 Å². The van der Waals surface area contributed by atoms with Crippen molar-refractivity contribution in [2.24, 2.45) is 10.8 Å². The number of amides is 1. The fraction of sp³-hybridized carbons (Fsp3) is 0.643. The maximum absolute atomic E-state index is 15.8. The first-order valence-corrected chi connectivity index (χ1v) is 12.9. The predicted octanol–water partition coefficient (Wildman–Crippen LogP) is 5.54. The van der Waals surface area contributed by atoms with Gasteiger partial charge in [-0.1, -0.05) is 27.7 Å². The molecule has 2 fully saturated rings. The Bertz CT molecular complexity index is 1150. The van der Waals surface area contributed by atoms with Gasteiger partial charge in [0.05, 0.1) is 20.4 Å². The minimum Gasteiger partial charge on any atom is -0.493 e. The third-order valence-electron chi connectivity index (χ3n) is 7.46. The van der Waals surface area contributed by atoms with E-state index in [1.165, 1.54) is 13.3 Å². The van der Waals surface area contributed by atoms with Crippen LogP contribution in [0.5, 0.6) is 17.2 Å². The lowest BCUT2D eigenvalue weighted by Crippen LogP contribution is -2.62. The molecule has 1 N–H and O–H groups in total. The van der Waals surface area contributed by atoms with Crippen LogP contribution in [-0.4, -0.2) is 53.2 Å². The van der Waals surface area contributed by atoms with Gasteiger partial charge in [-0.3, -0.25) is 4.79 Å². The number of carbonyl (C=O) groups is 1. The van der Waals surface area contributed by atoms with Gasteiger partial charge < -0.3 is 28.6 Å². The quantitative estimate of drug-likeness (QED) is 0.474. The maximum Gasteiger partial charge on any atom is 0.352 e. The summed E-state index contributed by atoms with van der Waals surface area (Å²) in [6.07, 6.45) is 2.81. The Balaban J connectivity index is 1.48. The lowest BCUT2D eigenvalue weighted by Gasteiger charge is -2.51. The largest absolute Gasteiger partial charge is 0.493 e. The molecule has 2 heterocycles. The summed E-state index contributed by atoms with van der Waals surface area (Å²) in [4.78, 5) is 18.7. The number of ether oxygens (including phenoxy) is 3. The zero-order chi connectivity index (χ0) is 27.9. The minimum absolute atomic E-state index is 0.0449. The second-order valence-electron chi connectivity index (χ2n) is 12.1. The second kappa shape index (κ2) is 10.0. The van der Waals surface area contributed by atoms with Crippen molar-refractivity contribution in [1.29, 1.82) is 0 Å². The molecule has 1 saturated heterocycles. The lowest BCUT2D eigenvalue weighted by molar-refractivity contribution is -0.231. The van der Waals surface area contributed by atoms with Crippen LogP contribution in [-0.2, 0) is 11.4 Å². The Morgan fingerprint density at radius 1 is 1.13 bits per heavy atom. The van der Waals surface area contributed by atoms with E-state index in [-0.39, 0.29) is 31.9 Å². The van der Waals surface area contributed by atoms with Gasteiger partial charge in [-0.05, 0) is 55.1 Å². The number of oxazole rings is 1. The summed E-state index contributed by atoms with van der Waals surface area (Å²) < 4.78 is 53.7. The first-order chi connectivity index (χ1) is 17.7. The van der Waals surface area contributed by atoms with Gasteiger partial charge in [0.2, 0.25) is 5.89 Å². The molecule has 10 heteroatoms. The Hall–Kier alpha value is -2.88. The zero-order valence-electron chi connectivity index (χ0n) is 23.0. The van der Waals surface area contributed by atoms with Crippen molar-refractivity contribution in [3.05, 3.63) is 36.0 Å². The smallest absolute Gasteiger partial charge is 0.352 e. The van der Waals surface area contributed by atoms with E-state index in [1.54, 1.807) is 25.3 Å². The van der Waals surface area contributed by atoms with E-state index in [1.807, 2.05) is 27.7 Å². The molecule has 0 bridgehead atoms. The molecule has 2 aliphatic rings. The molecule has 0 spiro atoms. The van der Waals surface area contributed by atoms with Crippen LogP contribution in [0.1, 0.15) is 77.5 Å². The molecule has 1 atom stereocenters. The van der Waals surface area contributed by atoms with E-state index < -0.39 is 34.3 Å². The van der Waals surface area contributed by atoms with Crippen LogP contribution < -0.4 is 14.2 Å². The van der Waals surface area contributed by atoms with Gasteiger partial charge in [0, 0.05) is 12.6 Å². The molecule has 1 aromatic carbocycles. The van der Waals surface area contributed by atoms with Crippen LogP contribution >= 0.6 is 0 Å². The van der Waals surface area contributed by atoms with Crippen molar-refractivity contribution >= 4 is 5.91 Å². The zero-order valence-corrected chi connectivity index (χ0v) is 23.0. The highest BCUT2D eigenvalue weighted by Crippen LogP contribution is 2.55. The molecule has 8 nitrogen and oxygen atoms in total. The van der Waals surface area contributed by atoms with Crippen molar-refractivity contribution in [1.82, 2.24) is 9.88 Å². The highest BCUT2D eigenvalue weighted by Gasteiger charge is 2.65. The Morgan fingerprint density at radius 3 is 2.42 bits per heavy atom. The fourth-order valence-electron chi connectivity index (χ4n) is 6.54. The molecule has 1 aliphatic carbocycles. The molecule has 1 aromatic heterocycles. The number of carbonyl (C=O) groups excluding carboxylic acids is 1. The Labute approximate surface area is 222 Å². The Kier molecular flexibility index (Phi) is 7.42. The summed E-state index contributed by atoms with van der Waals surface area (Å²) >= 11 is 0. The summed E-state index contributed by atoms with van der Waals surface area (Å²) in [6.45, 7) is 7.62. The average Bonchev–Trinajstić information content (AvgIpc) is 3.49. The summed E-state index contributed by atoms with van der Waals surface area (Å²) in [5, 5.41) is 11.2. The number of methoxy groups -OCH3 is 2. The van der Waals surface area contributed by atoms with Crippen LogP contribution in [0.4, 0.5) is 8.78 Å². The summed E-state index contributed by atoms with van der Waals surface area (Å²) in [5.74, 6) is -3.17. The molecule has 38 heavy (non-hydrogen) atoms. The number of aromatic nitrogens is 1. The maximum atomic E-state index is 15.8. The van der Waals surface area contributed by atoms with Gasteiger partial charge in [0.15, 0.2) is 17.3 Å². The van der Waals surface area contributed by atoms with Crippen LogP contribution in [0.2, 0.25) is 0 Å². The summed E-state index contributed by atoms with van der Waals surface area (Å²) in [5.41, 5.74) is -3.50. The highest BCUT2D eigenvalue weighted by atomic mass is 19.3. The number of likely N-dealkylation sites (tertiary alicyclic amines) is 1. The van der Waals surface area contributed by atoms with Gasteiger partial charge >= 0.3 is 5.92 Å². The molecule has 1 saturated carbocycles. The molecular formula is C28H38F2N2O6. The number of hydrogen-bond donors (Lipinski definition) is 1. The molecule has 1 amide bonds. The lowest BCUT2D eigenvalue weighted by atomic mass is 9.58. The molecule has 1 unspecified atom stereocenters. The number of alkyl halides is 2. The van der Waals surface area contributed by atoms with Gasteiger partial charge in [0.1, 0.15) is 24.0 Å². The molecule has 1 aliphatic heterocycles. The van der Waals surface area contributed by atoms with Crippen molar-refractivity contribution in [2.75, 3.05) is 20.8 Å². The average molecular weight is 537 g/mol.